The molecule has 0 atom stereocenters. The Balaban J connectivity index is 1.44. The van der Waals surface area contributed by atoms with Crippen LogP contribution < -0.4 is 5.32 Å². The first kappa shape index (κ1) is 21.3. The van der Waals surface area contributed by atoms with Gasteiger partial charge in [-0.1, -0.05) is 40.2 Å². The van der Waals surface area contributed by atoms with Crippen LogP contribution in [0.3, 0.4) is 0 Å². The quantitative estimate of drug-likeness (QED) is 0.382. The van der Waals surface area contributed by atoms with Gasteiger partial charge in [-0.15, -0.1) is 0 Å². The minimum absolute atomic E-state index is 0.0560. The topological polar surface area (TPSA) is 90.4 Å². The monoisotopic (exact) mass is 486 g/mol. The summed E-state index contributed by atoms with van der Waals surface area (Å²) in [4.78, 5) is 16.6. The highest BCUT2D eigenvalue weighted by Crippen LogP contribution is 2.21. The largest absolute Gasteiger partial charge is 0.507 e. The van der Waals surface area contributed by atoms with Crippen molar-refractivity contribution in [3.05, 3.63) is 99.7 Å². The van der Waals surface area contributed by atoms with Crippen LogP contribution in [0.15, 0.2) is 82.4 Å². The van der Waals surface area contributed by atoms with Crippen molar-refractivity contribution in [3.63, 3.8) is 0 Å². The lowest BCUT2D eigenvalue weighted by molar-refractivity contribution is 0.0955. The number of nitrogens with one attached hydrogen (secondary N) is 1. The number of hydrogen-bond acceptors (Lipinski definition) is 4. The van der Waals surface area contributed by atoms with Crippen LogP contribution in [0.25, 0.3) is 10.9 Å². The van der Waals surface area contributed by atoms with Gasteiger partial charge >= 0.3 is 0 Å². The number of carbonyl (C=O) groups excluding carboxylic acids is 1. The van der Waals surface area contributed by atoms with Crippen LogP contribution in [0.1, 0.15) is 27.0 Å². The number of phenols is 1. The molecule has 0 aliphatic carbocycles. The molecule has 0 fully saturated rings. The third-order valence-electron chi connectivity index (χ3n) is 5.05. The SMILES string of the molecule is N#Cc1cc(C(=O)NC/N=C/c2cccc3c2ccn3Cc2ccc(Br)cc2)ccc1O. The highest BCUT2D eigenvalue weighted by atomic mass is 79.9. The zero-order valence-corrected chi connectivity index (χ0v) is 18.6. The number of carbonyl (C=O) groups is 1. The molecule has 1 heterocycles. The fraction of sp³-hybridized carbons (Fsp3) is 0.0800. The summed E-state index contributed by atoms with van der Waals surface area (Å²) in [7, 11) is 0. The van der Waals surface area contributed by atoms with Crippen LogP contribution in [0.5, 0.6) is 5.75 Å². The number of amides is 1. The zero-order chi connectivity index (χ0) is 22.5. The summed E-state index contributed by atoms with van der Waals surface area (Å²) in [5.74, 6) is -0.514. The summed E-state index contributed by atoms with van der Waals surface area (Å²) < 4.78 is 3.25. The lowest BCUT2D eigenvalue weighted by atomic mass is 10.1. The molecule has 0 saturated heterocycles. The van der Waals surface area contributed by atoms with Gasteiger partial charge in [0, 0.05) is 45.5 Å². The van der Waals surface area contributed by atoms with Gasteiger partial charge in [-0.3, -0.25) is 9.79 Å². The zero-order valence-electron chi connectivity index (χ0n) is 17.0. The molecule has 0 spiro atoms. The number of aliphatic imine (C=N–C) groups is 1. The van der Waals surface area contributed by atoms with Gasteiger partial charge in [-0.05, 0) is 48.0 Å². The van der Waals surface area contributed by atoms with Gasteiger partial charge in [-0.2, -0.15) is 5.26 Å². The van der Waals surface area contributed by atoms with Crippen LogP contribution in [0, 0.1) is 11.3 Å². The van der Waals surface area contributed by atoms with Gasteiger partial charge in [0.2, 0.25) is 0 Å². The number of benzene rings is 3. The molecule has 0 bridgehead atoms. The number of halogens is 1. The number of rotatable bonds is 6. The van der Waals surface area contributed by atoms with Gasteiger partial charge in [0.25, 0.3) is 5.91 Å². The van der Waals surface area contributed by atoms with E-state index in [0.717, 1.165) is 27.5 Å². The molecule has 3 aromatic carbocycles. The summed E-state index contributed by atoms with van der Waals surface area (Å²) in [5.41, 5.74) is 3.63. The number of nitrogens with zero attached hydrogens (tertiary/aromatic N) is 3. The molecule has 1 amide bonds. The Labute approximate surface area is 193 Å². The van der Waals surface area contributed by atoms with E-state index in [0.29, 0.717) is 5.56 Å². The summed E-state index contributed by atoms with van der Waals surface area (Å²) in [5, 5.41) is 22.3. The highest BCUT2D eigenvalue weighted by Gasteiger charge is 2.09. The van der Waals surface area contributed by atoms with Crippen molar-refractivity contribution in [1.82, 2.24) is 9.88 Å². The van der Waals surface area contributed by atoms with Crippen LogP contribution in [-0.2, 0) is 6.54 Å². The predicted molar refractivity (Wildman–Crippen MR) is 128 cm³/mol. The summed E-state index contributed by atoms with van der Waals surface area (Å²) in [6.45, 7) is 0.863. The molecular weight excluding hydrogens is 468 g/mol. The Bertz CT molecular complexity index is 1350. The molecule has 0 radical (unpaired) electrons. The van der Waals surface area contributed by atoms with Gasteiger partial charge in [0.15, 0.2) is 0 Å². The van der Waals surface area contributed by atoms with E-state index < -0.39 is 0 Å². The Kier molecular flexibility index (Phi) is 6.34. The van der Waals surface area contributed by atoms with Gasteiger partial charge < -0.3 is 15.0 Å². The number of phenolic OH excluding ortho intramolecular Hbond substituents is 1. The minimum atomic E-state index is -0.363. The van der Waals surface area contributed by atoms with E-state index in [1.807, 2.05) is 30.3 Å². The van der Waals surface area contributed by atoms with Crippen molar-refractivity contribution < 1.29 is 9.90 Å². The lowest BCUT2D eigenvalue weighted by Crippen LogP contribution is -2.23. The first-order valence-corrected chi connectivity index (χ1v) is 10.7. The van der Waals surface area contributed by atoms with E-state index in [1.165, 1.54) is 23.8 Å². The average molecular weight is 487 g/mol. The molecule has 6 nitrogen and oxygen atoms in total. The Hall–Kier alpha value is -3.89. The fourth-order valence-corrected chi connectivity index (χ4v) is 3.68. The van der Waals surface area contributed by atoms with Gasteiger partial charge in [0.05, 0.1) is 5.56 Å². The van der Waals surface area contributed by atoms with E-state index in [2.05, 4.69) is 61.3 Å². The van der Waals surface area contributed by atoms with Crippen molar-refractivity contribution in [2.75, 3.05) is 6.67 Å². The van der Waals surface area contributed by atoms with Gasteiger partial charge in [0.1, 0.15) is 18.5 Å². The maximum atomic E-state index is 12.3. The summed E-state index contributed by atoms with van der Waals surface area (Å²) in [6.07, 6.45) is 3.80. The Morgan fingerprint density at radius 3 is 2.75 bits per heavy atom. The number of aromatic hydroxyl groups is 1. The van der Waals surface area contributed by atoms with Crippen LogP contribution in [0.4, 0.5) is 0 Å². The molecule has 0 saturated carbocycles. The van der Waals surface area contributed by atoms with E-state index in [1.54, 1.807) is 6.21 Å². The number of fused-ring (bicyclic) bond motifs is 1. The van der Waals surface area contributed by atoms with E-state index in [4.69, 9.17) is 5.26 Å². The van der Waals surface area contributed by atoms with Crippen molar-refractivity contribution in [3.8, 4) is 11.8 Å². The third kappa shape index (κ3) is 4.71. The normalized spacial score (nSPS) is 11.0. The van der Waals surface area contributed by atoms with Gasteiger partial charge in [-0.25, -0.2) is 0 Å². The number of aromatic nitrogens is 1. The van der Waals surface area contributed by atoms with Crippen molar-refractivity contribution in [2.45, 2.75) is 6.54 Å². The highest BCUT2D eigenvalue weighted by molar-refractivity contribution is 9.10. The summed E-state index contributed by atoms with van der Waals surface area (Å²) in [6, 6.07) is 22.4. The maximum absolute atomic E-state index is 12.3. The van der Waals surface area contributed by atoms with Crippen molar-refractivity contribution in [1.29, 1.82) is 5.26 Å². The number of hydrogen-bond donors (Lipinski definition) is 2. The molecule has 0 aliphatic rings. The molecule has 0 unspecified atom stereocenters. The summed E-state index contributed by atoms with van der Waals surface area (Å²) >= 11 is 3.46. The van der Waals surface area contributed by atoms with E-state index in [9.17, 15) is 9.90 Å². The first-order valence-electron chi connectivity index (χ1n) is 9.88. The second-order valence-corrected chi connectivity index (χ2v) is 8.09. The standard InChI is InChI=1S/C25H19BrN4O2/c26-21-7-4-17(5-8-21)15-30-11-10-22-19(2-1-3-23(22)30)14-28-16-29-25(32)18-6-9-24(31)20(12-18)13-27/h1-12,14,31H,15-16H2,(H,29,32)/b28-14+. The fourth-order valence-electron chi connectivity index (χ4n) is 3.41. The molecule has 32 heavy (non-hydrogen) atoms. The predicted octanol–water partition coefficient (Wildman–Crippen LogP) is 4.84. The Morgan fingerprint density at radius 1 is 1.16 bits per heavy atom. The molecule has 0 aliphatic heterocycles. The molecule has 7 heteroatoms. The molecule has 1 aromatic heterocycles. The van der Waals surface area contributed by atoms with E-state index in [-0.39, 0.29) is 23.9 Å². The van der Waals surface area contributed by atoms with E-state index >= 15 is 0 Å². The minimum Gasteiger partial charge on any atom is -0.507 e. The molecular formula is C25H19BrN4O2. The number of nitriles is 1. The Morgan fingerprint density at radius 2 is 1.97 bits per heavy atom. The van der Waals surface area contributed by atoms with Crippen LogP contribution in [-0.4, -0.2) is 28.5 Å². The molecule has 4 aromatic rings. The second kappa shape index (κ2) is 9.50. The molecule has 158 valence electrons. The maximum Gasteiger partial charge on any atom is 0.252 e. The first-order chi connectivity index (χ1) is 15.5. The average Bonchev–Trinajstić information content (AvgIpc) is 3.22. The lowest BCUT2D eigenvalue weighted by Gasteiger charge is -2.07. The third-order valence-corrected chi connectivity index (χ3v) is 5.58. The van der Waals surface area contributed by atoms with Crippen molar-refractivity contribution >= 4 is 39.0 Å². The second-order valence-electron chi connectivity index (χ2n) is 7.17. The van der Waals surface area contributed by atoms with Crippen LogP contribution >= 0.6 is 15.9 Å². The molecule has 4 rings (SSSR count). The smallest absolute Gasteiger partial charge is 0.252 e. The molecule has 2 N–H and O–H groups in total. The van der Waals surface area contributed by atoms with Crippen LogP contribution in [0.2, 0.25) is 0 Å². The van der Waals surface area contributed by atoms with Crippen molar-refractivity contribution in [2.24, 2.45) is 4.99 Å².